The van der Waals surface area contributed by atoms with Crippen LogP contribution in [0.3, 0.4) is 0 Å². The van der Waals surface area contributed by atoms with Gasteiger partial charge in [-0.15, -0.1) is 0 Å². The Labute approximate surface area is 86.0 Å². The normalized spacial score (nSPS) is 12.7. The number of rotatable bonds is 6. The molecule has 0 radical (unpaired) electrons. The Hall–Kier alpha value is -1.47. The molecule has 1 aromatic rings. The van der Waals surface area contributed by atoms with Crippen LogP contribution in [-0.2, 0) is 20.9 Å². The number of carbonyl (C=O) groups is 1. The van der Waals surface area contributed by atoms with Crippen molar-refractivity contribution in [2.75, 3.05) is 13.7 Å². The van der Waals surface area contributed by atoms with Gasteiger partial charge in [0.05, 0.1) is 0 Å². The largest absolute Gasteiger partial charge is 0.480 e. The Morgan fingerprint density at radius 1 is 1.67 bits per heavy atom. The number of carboxylic acid groups (broad SMARTS) is 1. The van der Waals surface area contributed by atoms with E-state index < -0.39 is 12.6 Å². The molecular formula is C8H12N2O5. The molecule has 0 aliphatic rings. The molecule has 84 valence electrons. The van der Waals surface area contributed by atoms with Crippen LogP contribution in [0.4, 0.5) is 0 Å². The molecule has 1 rings (SSSR count). The summed E-state index contributed by atoms with van der Waals surface area (Å²) in [6.07, 6.45) is -0.262. The SMILES string of the molecule is COC(C)c1noc(COCC(=O)O)n1. The number of nitrogens with zero attached hydrogens (tertiary/aromatic N) is 2. The van der Waals surface area contributed by atoms with Crippen LogP contribution >= 0.6 is 0 Å². The first-order chi connectivity index (χ1) is 7.13. The molecule has 1 aromatic heterocycles. The van der Waals surface area contributed by atoms with Crippen LogP contribution < -0.4 is 0 Å². The molecule has 0 amide bonds. The van der Waals surface area contributed by atoms with Crippen LogP contribution in [-0.4, -0.2) is 34.9 Å². The lowest BCUT2D eigenvalue weighted by atomic mass is 10.4. The summed E-state index contributed by atoms with van der Waals surface area (Å²) >= 11 is 0. The van der Waals surface area contributed by atoms with Gasteiger partial charge >= 0.3 is 5.97 Å². The van der Waals surface area contributed by atoms with Crippen LogP contribution in [0.5, 0.6) is 0 Å². The summed E-state index contributed by atoms with van der Waals surface area (Å²) in [5.74, 6) is -0.401. The molecule has 0 fully saturated rings. The van der Waals surface area contributed by atoms with E-state index in [1.54, 1.807) is 6.92 Å². The summed E-state index contributed by atoms with van der Waals surface area (Å²) in [5, 5.41) is 12.0. The van der Waals surface area contributed by atoms with E-state index >= 15 is 0 Å². The smallest absolute Gasteiger partial charge is 0.329 e. The lowest BCUT2D eigenvalue weighted by Crippen LogP contribution is -2.07. The van der Waals surface area contributed by atoms with Crippen molar-refractivity contribution in [2.24, 2.45) is 0 Å². The van der Waals surface area contributed by atoms with Crippen molar-refractivity contribution in [1.29, 1.82) is 0 Å². The average molecular weight is 216 g/mol. The van der Waals surface area contributed by atoms with Gasteiger partial charge in [-0.05, 0) is 6.92 Å². The fourth-order valence-electron chi connectivity index (χ4n) is 0.823. The number of hydrogen-bond acceptors (Lipinski definition) is 6. The highest BCUT2D eigenvalue weighted by Crippen LogP contribution is 2.11. The van der Waals surface area contributed by atoms with Gasteiger partial charge < -0.3 is 19.1 Å². The molecule has 1 heterocycles. The molecule has 0 aliphatic heterocycles. The third-order valence-electron chi connectivity index (χ3n) is 1.65. The molecule has 0 saturated heterocycles. The third-order valence-corrected chi connectivity index (χ3v) is 1.65. The van der Waals surface area contributed by atoms with Crippen molar-refractivity contribution in [3.8, 4) is 0 Å². The highest BCUT2D eigenvalue weighted by atomic mass is 16.5. The van der Waals surface area contributed by atoms with Crippen molar-refractivity contribution in [3.63, 3.8) is 0 Å². The third kappa shape index (κ3) is 3.64. The highest BCUT2D eigenvalue weighted by Gasteiger charge is 2.12. The number of hydrogen-bond donors (Lipinski definition) is 1. The van der Waals surface area contributed by atoms with Gasteiger partial charge in [0.2, 0.25) is 0 Å². The second kappa shape index (κ2) is 5.42. The van der Waals surface area contributed by atoms with Crippen LogP contribution in [0.1, 0.15) is 24.7 Å². The van der Waals surface area contributed by atoms with Crippen LogP contribution in [0.2, 0.25) is 0 Å². The maximum Gasteiger partial charge on any atom is 0.329 e. The molecule has 1 atom stereocenters. The molecule has 1 unspecified atom stereocenters. The summed E-state index contributed by atoms with van der Waals surface area (Å²) in [4.78, 5) is 14.1. The second-order valence-corrected chi connectivity index (χ2v) is 2.81. The predicted octanol–water partition coefficient (Wildman–Crippen LogP) is 0.378. The van der Waals surface area contributed by atoms with E-state index in [0.717, 1.165) is 0 Å². The summed E-state index contributed by atoms with van der Waals surface area (Å²) in [6, 6.07) is 0. The van der Waals surface area contributed by atoms with Gasteiger partial charge in [-0.25, -0.2) is 4.79 Å². The van der Waals surface area contributed by atoms with Gasteiger partial charge in [0, 0.05) is 7.11 Å². The minimum atomic E-state index is -1.04. The molecule has 0 spiro atoms. The fraction of sp³-hybridized carbons (Fsp3) is 0.625. The minimum Gasteiger partial charge on any atom is -0.480 e. The van der Waals surface area contributed by atoms with E-state index in [-0.39, 0.29) is 18.6 Å². The Balaban J connectivity index is 2.42. The van der Waals surface area contributed by atoms with Gasteiger partial charge in [0.1, 0.15) is 19.3 Å². The van der Waals surface area contributed by atoms with Crippen LogP contribution in [0.25, 0.3) is 0 Å². The molecule has 0 aliphatic carbocycles. The Morgan fingerprint density at radius 3 is 3.00 bits per heavy atom. The number of ether oxygens (including phenoxy) is 2. The summed E-state index contributed by atoms with van der Waals surface area (Å²) < 4.78 is 14.6. The zero-order valence-corrected chi connectivity index (χ0v) is 8.47. The molecule has 0 saturated carbocycles. The molecule has 7 nitrogen and oxygen atoms in total. The Bertz CT molecular complexity index is 325. The maximum atomic E-state index is 10.1. The number of aliphatic carboxylic acids is 1. The standard InChI is InChI=1S/C8H12N2O5/c1-5(13-2)8-9-6(15-10-8)3-14-4-7(11)12/h5H,3-4H2,1-2H3,(H,11,12). The van der Waals surface area contributed by atoms with E-state index in [0.29, 0.717) is 5.82 Å². The zero-order chi connectivity index (χ0) is 11.3. The Morgan fingerprint density at radius 2 is 2.40 bits per heavy atom. The van der Waals surface area contributed by atoms with Gasteiger partial charge in [0.15, 0.2) is 5.82 Å². The highest BCUT2D eigenvalue weighted by molar-refractivity contribution is 5.67. The first-order valence-corrected chi connectivity index (χ1v) is 4.28. The monoisotopic (exact) mass is 216 g/mol. The topological polar surface area (TPSA) is 94.7 Å². The lowest BCUT2D eigenvalue weighted by molar-refractivity contribution is -0.142. The van der Waals surface area contributed by atoms with Crippen molar-refractivity contribution in [1.82, 2.24) is 10.1 Å². The quantitative estimate of drug-likeness (QED) is 0.734. The van der Waals surface area contributed by atoms with Gasteiger partial charge in [-0.2, -0.15) is 4.98 Å². The molecule has 0 bridgehead atoms. The van der Waals surface area contributed by atoms with Gasteiger partial charge in [0.25, 0.3) is 5.89 Å². The lowest BCUT2D eigenvalue weighted by Gasteiger charge is -2.00. The number of methoxy groups -OCH3 is 1. The van der Waals surface area contributed by atoms with Crippen molar-refractivity contribution < 1.29 is 23.9 Å². The maximum absolute atomic E-state index is 10.1. The predicted molar refractivity (Wildman–Crippen MR) is 47.0 cm³/mol. The second-order valence-electron chi connectivity index (χ2n) is 2.81. The first-order valence-electron chi connectivity index (χ1n) is 4.28. The van der Waals surface area contributed by atoms with Gasteiger partial charge in [-0.1, -0.05) is 5.16 Å². The van der Waals surface area contributed by atoms with Crippen molar-refractivity contribution in [3.05, 3.63) is 11.7 Å². The van der Waals surface area contributed by atoms with Crippen LogP contribution in [0, 0.1) is 0 Å². The number of carboxylic acids is 1. The van der Waals surface area contributed by atoms with E-state index in [9.17, 15) is 4.79 Å². The average Bonchev–Trinajstić information content (AvgIpc) is 2.65. The van der Waals surface area contributed by atoms with E-state index in [1.807, 2.05) is 0 Å². The van der Waals surface area contributed by atoms with Crippen molar-refractivity contribution in [2.45, 2.75) is 19.6 Å². The van der Waals surface area contributed by atoms with E-state index in [1.165, 1.54) is 7.11 Å². The summed E-state index contributed by atoms with van der Waals surface area (Å²) in [7, 11) is 1.53. The summed E-state index contributed by atoms with van der Waals surface area (Å²) in [5.41, 5.74) is 0. The number of aromatic nitrogens is 2. The van der Waals surface area contributed by atoms with Crippen molar-refractivity contribution >= 4 is 5.97 Å². The fourth-order valence-corrected chi connectivity index (χ4v) is 0.823. The first kappa shape index (κ1) is 11.6. The Kier molecular flexibility index (Phi) is 4.19. The molecule has 15 heavy (non-hydrogen) atoms. The van der Waals surface area contributed by atoms with E-state index in [4.69, 9.17) is 19.1 Å². The van der Waals surface area contributed by atoms with Crippen LogP contribution in [0.15, 0.2) is 4.52 Å². The molecule has 1 N–H and O–H groups in total. The minimum absolute atomic E-state index is 0.0181. The summed E-state index contributed by atoms with van der Waals surface area (Å²) in [6.45, 7) is 1.36. The van der Waals surface area contributed by atoms with Gasteiger partial charge in [-0.3, -0.25) is 0 Å². The molecule has 7 heteroatoms. The molecular weight excluding hydrogens is 204 g/mol. The zero-order valence-electron chi connectivity index (χ0n) is 8.47. The van der Waals surface area contributed by atoms with E-state index in [2.05, 4.69) is 10.1 Å². The molecule has 0 aromatic carbocycles.